The molecule has 0 aromatic heterocycles. The number of methoxy groups -OCH3 is 1. The van der Waals surface area contributed by atoms with Crippen LogP contribution in [-0.4, -0.2) is 63.1 Å². The zero-order valence-corrected chi connectivity index (χ0v) is 21.8. The number of benzene rings is 2. The molecule has 7 heteroatoms. The molecule has 36 heavy (non-hydrogen) atoms. The number of hydrogen-bond donors (Lipinski definition) is 1. The number of Topliss-reactive ketones (excluding diaryl/α,β-unsaturated/α-hetero) is 1. The summed E-state index contributed by atoms with van der Waals surface area (Å²) in [6.45, 7) is 12.4. The van der Waals surface area contributed by atoms with Crippen molar-refractivity contribution in [1.29, 1.82) is 0 Å². The molecule has 2 aromatic rings. The lowest BCUT2D eigenvalue weighted by molar-refractivity contribution is -0.907. The minimum atomic E-state index is -0.714. The van der Waals surface area contributed by atoms with Gasteiger partial charge in [-0.1, -0.05) is 56.9 Å². The Balaban J connectivity index is 1.77. The molecule has 1 atom stereocenters. The zero-order valence-electron chi connectivity index (χ0n) is 21.8. The largest absolute Gasteiger partial charge is 0.872 e. The molecule has 2 heterocycles. The van der Waals surface area contributed by atoms with Gasteiger partial charge >= 0.3 is 0 Å². The lowest BCUT2D eigenvalue weighted by atomic mass is 9.85. The van der Waals surface area contributed by atoms with Crippen molar-refractivity contribution in [2.45, 2.75) is 39.2 Å². The lowest BCUT2D eigenvalue weighted by Gasteiger charge is -2.30. The minimum Gasteiger partial charge on any atom is -0.872 e. The molecule has 0 aliphatic carbocycles. The number of nitrogens with one attached hydrogen (secondary N) is 1. The second-order valence-corrected chi connectivity index (χ2v) is 10.6. The molecule has 1 N–H and O–H groups in total. The number of hydrogen-bond acceptors (Lipinski definition) is 5. The van der Waals surface area contributed by atoms with Gasteiger partial charge in [0.05, 0.1) is 39.5 Å². The van der Waals surface area contributed by atoms with Crippen LogP contribution < -0.4 is 14.7 Å². The summed E-state index contributed by atoms with van der Waals surface area (Å²) in [5.74, 6) is -1.09. The number of aryl methyl sites for hydroxylation is 1. The van der Waals surface area contributed by atoms with Gasteiger partial charge in [-0.2, -0.15) is 0 Å². The summed E-state index contributed by atoms with van der Waals surface area (Å²) in [5, 5.41) is 13.8. The molecule has 192 valence electrons. The Morgan fingerprint density at radius 1 is 1.11 bits per heavy atom. The first-order chi connectivity index (χ1) is 17.1. The maximum Gasteiger partial charge on any atom is 0.295 e. The van der Waals surface area contributed by atoms with E-state index in [1.54, 1.807) is 30.2 Å². The molecule has 1 unspecified atom stereocenters. The van der Waals surface area contributed by atoms with E-state index in [2.05, 4.69) is 20.8 Å². The topological polar surface area (TPSA) is 83.3 Å². The van der Waals surface area contributed by atoms with Crippen molar-refractivity contribution in [3.63, 3.8) is 0 Å². The highest BCUT2D eigenvalue weighted by molar-refractivity contribution is 6.46. The van der Waals surface area contributed by atoms with Crippen LogP contribution in [0.1, 0.15) is 49.1 Å². The monoisotopic (exact) mass is 492 g/mol. The van der Waals surface area contributed by atoms with Crippen LogP contribution in [0, 0.1) is 6.92 Å². The van der Waals surface area contributed by atoms with E-state index >= 15 is 0 Å². The third-order valence-corrected chi connectivity index (χ3v) is 7.21. The molecule has 2 aromatic carbocycles. The van der Waals surface area contributed by atoms with Crippen molar-refractivity contribution >= 4 is 17.4 Å². The van der Waals surface area contributed by atoms with Crippen LogP contribution in [0.4, 0.5) is 0 Å². The Morgan fingerprint density at radius 2 is 1.78 bits per heavy atom. The molecular formula is C29H36N2O5. The highest BCUT2D eigenvalue weighted by Crippen LogP contribution is 2.39. The molecule has 2 saturated heterocycles. The SMILES string of the molecule is COc1ccc(/C([O-])=C2\C(=O)C(=O)N(CC[NH+]3CCOCC3)C2c2ccc(C(C)(C)C)cc2)c(C)c1. The smallest absolute Gasteiger partial charge is 0.295 e. The number of likely N-dealkylation sites (tertiary alicyclic amines) is 1. The van der Waals surface area contributed by atoms with Crippen LogP contribution in [0.25, 0.3) is 5.76 Å². The molecule has 2 fully saturated rings. The fourth-order valence-corrected chi connectivity index (χ4v) is 4.96. The number of quaternary nitrogens is 1. The van der Waals surface area contributed by atoms with Gasteiger partial charge in [-0.15, -0.1) is 0 Å². The van der Waals surface area contributed by atoms with Gasteiger partial charge in [0, 0.05) is 5.57 Å². The maximum atomic E-state index is 13.8. The first kappa shape index (κ1) is 25.9. The first-order valence-electron chi connectivity index (χ1n) is 12.5. The lowest BCUT2D eigenvalue weighted by Crippen LogP contribution is -3.14. The average molecular weight is 493 g/mol. The number of morpholine rings is 1. The molecule has 2 aliphatic rings. The number of nitrogens with zero attached hydrogens (tertiary/aromatic N) is 1. The summed E-state index contributed by atoms with van der Waals surface area (Å²) in [5.41, 5.74) is 3.00. The summed E-state index contributed by atoms with van der Waals surface area (Å²) in [6, 6.07) is 12.4. The van der Waals surface area contributed by atoms with Crippen LogP contribution in [0.5, 0.6) is 5.75 Å². The Hall–Kier alpha value is -3.16. The van der Waals surface area contributed by atoms with E-state index in [1.807, 2.05) is 31.2 Å². The molecule has 7 nitrogen and oxygen atoms in total. The summed E-state index contributed by atoms with van der Waals surface area (Å²) in [6.07, 6.45) is 0. The second kappa shape index (κ2) is 10.4. The number of carbonyl (C=O) groups excluding carboxylic acids is 2. The Labute approximate surface area is 213 Å². The summed E-state index contributed by atoms with van der Waals surface area (Å²) in [7, 11) is 1.57. The Morgan fingerprint density at radius 3 is 2.36 bits per heavy atom. The molecule has 0 spiro atoms. The standard InChI is InChI=1S/C29H36N2O5/c1-19-18-22(35-5)10-11-23(19)26(32)24-25(20-6-8-21(9-7-20)29(2,3)4)31(28(34)27(24)33)13-12-30-14-16-36-17-15-30/h6-11,18,25,32H,12-17H2,1-5H3/b26-24+. The van der Waals surface area contributed by atoms with Crippen molar-refractivity contribution in [2.75, 3.05) is 46.5 Å². The summed E-state index contributed by atoms with van der Waals surface area (Å²) < 4.78 is 10.7. The number of carbonyl (C=O) groups is 2. The number of amides is 1. The normalized spacial score (nSPS) is 20.7. The van der Waals surface area contributed by atoms with Crippen molar-refractivity contribution in [3.8, 4) is 5.75 Å². The quantitative estimate of drug-likeness (QED) is 0.375. The van der Waals surface area contributed by atoms with E-state index < -0.39 is 23.5 Å². The van der Waals surface area contributed by atoms with Crippen molar-refractivity contribution in [1.82, 2.24) is 4.90 Å². The highest BCUT2D eigenvalue weighted by atomic mass is 16.5. The average Bonchev–Trinajstić information content (AvgIpc) is 3.12. The third-order valence-electron chi connectivity index (χ3n) is 7.21. The van der Waals surface area contributed by atoms with Gasteiger partial charge in [0.25, 0.3) is 5.91 Å². The second-order valence-electron chi connectivity index (χ2n) is 10.6. The molecule has 0 bridgehead atoms. The molecule has 0 radical (unpaired) electrons. The van der Waals surface area contributed by atoms with E-state index in [1.165, 1.54) is 4.90 Å². The predicted molar refractivity (Wildman–Crippen MR) is 136 cm³/mol. The molecule has 0 saturated carbocycles. The van der Waals surface area contributed by atoms with E-state index in [4.69, 9.17) is 9.47 Å². The van der Waals surface area contributed by atoms with E-state index in [0.717, 1.165) is 24.2 Å². The summed E-state index contributed by atoms with van der Waals surface area (Å²) >= 11 is 0. The van der Waals surface area contributed by atoms with Crippen LogP contribution in [-0.2, 0) is 19.7 Å². The van der Waals surface area contributed by atoms with Gasteiger partial charge < -0.3 is 24.4 Å². The summed E-state index contributed by atoms with van der Waals surface area (Å²) in [4.78, 5) is 29.5. The van der Waals surface area contributed by atoms with E-state index in [0.29, 0.717) is 43.2 Å². The minimum absolute atomic E-state index is 0.0220. The fraction of sp³-hybridized carbons (Fsp3) is 0.448. The number of ketones is 1. The number of rotatable bonds is 6. The molecule has 4 rings (SSSR count). The first-order valence-corrected chi connectivity index (χ1v) is 12.5. The Bertz CT molecular complexity index is 1160. The molecular weight excluding hydrogens is 456 g/mol. The van der Waals surface area contributed by atoms with E-state index in [9.17, 15) is 14.7 Å². The Kier molecular flexibility index (Phi) is 7.52. The predicted octanol–water partition coefficient (Wildman–Crippen LogP) is 1.44. The van der Waals surface area contributed by atoms with E-state index in [-0.39, 0.29) is 11.0 Å². The highest BCUT2D eigenvalue weighted by Gasteiger charge is 2.44. The van der Waals surface area contributed by atoms with Crippen LogP contribution in [0.3, 0.4) is 0 Å². The zero-order chi connectivity index (χ0) is 26.0. The van der Waals surface area contributed by atoms with Gasteiger partial charge in [0.2, 0.25) is 5.78 Å². The molecule has 2 aliphatic heterocycles. The van der Waals surface area contributed by atoms with Crippen molar-refractivity contribution < 1.29 is 29.1 Å². The van der Waals surface area contributed by atoms with Crippen LogP contribution in [0.2, 0.25) is 0 Å². The fourth-order valence-electron chi connectivity index (χ4n) is 4.96. The number of ether oxygens (including phenoxy) is 2. The van der Waals surface area contributed by atoms with Gasteiger partial charge in [-0.3, -0.25) is 9.59 Å². The van der Waals surface area contributed by atoms with Gasteiger partial charge in [0.15, 0.2) is 0 Å². The molecule has 1 amide bonds. The van der Waals surface area contributed by atoms with Gasteiger partial charge in [-0.25, -0.2) is 0 Å². The van der Waals surface area contributed by atoms with Crippen molar-refractivity contribution in [3.05, 3.63) is 70.3 Å². The van der Waals surface area contributed by atoms with Gasteiger partial charge in [0.1, 0.15) is 18.8 Å². The van der Waals surface area contributed by atoms with Crippen molar-refractivity contribution in [2.24, 2.45) is 0 Å². The third kappa shape index (κ3) is 5.18. The maximum absolute atomic E-state index is 13.8. The van der Waals surface area contributed by atoms with Crippen LogP contribution in [0.15, 0.2) is 48.0 Å². The van der Waals surface area contributed by atoms with Gasteiger partial charge in [-0.05, 0) is 46.7 Å². The van der Waals surface area contributed by atoms with Crippen LogP contribution >= 0.6 is 0 Å².